The first-order valence-electron chi connectivity index (χ1n) is 15.6. The van der Waals surface area contributed by atoms with Gasteiger partial charge < -0.3 is 31.9 Å². The Morgan fingerprint density at radius 2 is 0.438 bits per heavy atom. The van der Waals surface area contributed by atoms with Crippen LogP contribution < -0.4 is 31.9 Å². The Bertz CT molecular complexity index is 1840. The standard InChI is InChI=1S/C39H33N9/c1-4-16-28(17-5-1)40-31-22-10-13-25-34(31)43-37-46-38(44-35-26-14-11-23-32(35)41-29-18-6-2-7-19-29)48-39(47-37)45-36-27-15-12-24-33(36)42-30-20-8-3-9-21-30/h1-27,40-42H,(H3,43,44,45,46,47,48). The monoisotopic (exact) mass is 627 g/mol. The van der Waals surface area contributed by atoms with Crippen LogP contribution in [0.15, 0.2) is 164 Å². The average Bonchev–Trinajstić information content (AvgIpc) is 3.12. The van der Waals surface area contributed by atoms with Gasteiger partial charge in [0.15, 0.2) is 0 Å². The van der Waals surface area contributed by atoms with Crippen LogP contribution in [0.5, 0.6) is 0 Å². The van der Waals surface area contributed by atoms with Gasteiger partial charge in [0.05, 0.1) is 34.1 Å². The number of anilines is 12. The van der Waals surface area contributed by atoms with E-state index < -0.39 is 0 Å². The molecule has 7 rings (SSSR count). The van der Waals surface area contributed by atoms with Crippen molar-refractivity contribution in [3.8, 4) is 0 Å². The fraction of sp³-hybridized carbons (Fsp3) is 0. The van der Waals surface area contributed by atoms with Crippen molar-refractivity contribution in [3.05, 3.63) is 164 Å². The van der Waals surface area contributed by atoms with E-state index in [0.29, 0.717) is 17.8 Å². The van der Waals surface area contributed by atoms with E-state index in [-0.39, 0.29) is 0 Å². The third kappa shape index (κ3) is 7.67. The molecule has 1 heterocycles. The number of hydrogen-bond acceptors (Lipinski definition) is 9. The highest BCUT2D eigenvalue weighted by Crippen LogP contribution is 2.32. The highest BCUT2D eigenvalue weighted by atomic mass is 15.3. The first kappa shape index (κ1) is 29.8. The molecule has 234 valence electrons. The SMILES string of the molecule is c1ccc(Nc2ccccc2Nc2nc(Nc3ccccc3Nc3ccccc3)nc(Nc3ccccc3Nc3ccccc3)n2)cc1. The Balaban J connectivity index is 1.23. The first-order valence-corrected chi connectivity index (χ1v) is 15.6. The summed E-state index contributed by atoms with van der Waals surface area (Å²) in [4.78, 5) is 14.4. The zero-order valence-electron chi connectivity index (χ0n) is 25.9. The maximum Gasteiger partial charge on any atom is 0.233 e. The van der Waals surface area contributed by atoms with E-state index in [9.17, 15) is 0 Å². The second-order valence-electron chi connectivity index (χ2n) is 10.8. The third-order valence-electron chi connectivity index (χ3n) is 7.31. The van der Waals surface area contributed by atoms with Crippen molar-refractivity contribution in [1.82, 2.24) is 15.0 Å². The van der Waals surface area contributed by atoms with Crippen LogP contribution >= 0.6 is 0 Å². The molecule has 0 fully saturated rings. The molecule has 0 unspecified atom stereocenters. The molecule has 9 heteroatoms. The van der Waals surface area contributed by atoms with Gasteiger partial charge in [0, 0.05) is 17.1 Å². The van der Waals surface area contributed by atoms with Crippen molar-refractivity contribution in [2.75, 3.05) is 31.9 Å². The largest absolute Gasteiger partial charge is 0.354 e. The Morgan fingerprint density at radius 1 is 0.229 bits per heavy atom. The number of hydrogen-bond donors (Lipinski definition) is 6. The molecule has 0 saturated carbocycles. The average molecular weight is 628 g/mol. The molecule has 0 aliphatic rings. The van der Waals surface area contributed by atoms with Crippen molar-refractivity contribution >= 4 is 69.0 Å². The minimum atomic E-state index is 0.360. The van der Waals surface area contributed by atoms with Crippen molar-refractivity contribution in [1.29, 1.82) is 0 Å². The predicted octanol–water partition coefficient (Wildman–Crippen LogP) is 10.3. The molecule has 0 spiro atoms. The van der Waals surface area contributed by atoms with Crippen LogP contribution in [0.3, 0.4) is 0 Å². The molecule has 1 aromatic heterocycles. The summed E-state index contributed by atoms with van der Waals surface area (Å²) < 4.78 is 0. The van der Waals surface area contributed by atoms with Crippen LogP contribution in [0.25, 0.3) is 0 Å². The van der Waals surface area contributed by atoms with E-state index in [1.54, 1.807) is 0 Å². The molecule has 9 nitrogen and oxygen atoms in total. The lowest BCUT2D eigenvalue weighted by Crippen LogP contribution is -2.09. The number of nitrogens with zero attached hydrogens (tertiary/aromatic N) is 3. The summed E-state index contributed by atoms with van der Waals surface area (Å²) in [5, 5.41) is 20.7. The second-order valence-corrected chi connectivity index (χ2v) is 10.8. The van der Waals surface area contributed by atoms with Crippen molar-refractivity contribution in [2.45, 2.75) is 0 Å². The van der Waals surface area contributed by atoms with Gasteiger partial charge in [0.2, 0.25) is 17.8 Å². The smallest absolute Gasteiger partial charge is 0.233 e. The lowest BCUT2D eigenvalue weighted by molar-refractivity contribution is 1.06. The molecule has 0 atom stereocenters. The summed E-state index contributed by atoms with van der Waals surface area (Å²) >= 11 is 0. The van der Waals surface area contributed by atoms with Gasteiger partial charge in [-0.05, 0) is 72.8 Å². The molecule has 0 saturated heterocycles. The van der Waals surface area contributed by atoms with Gasteiger partial charge in [-0.3, -0.25) is 0 Å². The topological polar surface area (TPSA) is 111 Å². The highest BCUT2D eigenvalue weighted by molar-refractivity contribution is 5.80. The number of para-hydroxylation sites is 9. The summed E-state index contributed by atoms with van der Waals surface area (Å²) in [7, 11) is 0. The number of nitrogens with one attached hydrogen (secondary N) is 6. The van der Waals surface area contributed by atoms with Gasteiger partial charge in [-0.1, -0.05) is 91.0 Å². The van der Waals surface area contributed by atoms with E-state index in [4.69, 9.17) is 15.0 Å². The van der Waals surface area contributed by atoms with Gasteiger partial charge in [-0.15, -0.1) is 0 Å². The summed E-state index contributed by atoms with van der Waals surface area (Å²) in [5.74, 6) is 1.08. The zero-order chi connectivity index (χ0) is 32.4. The molecule has 48 heavy (non-hydrogen) atoms. The Kier molecular flexibility index (Phi) is 9.00. The predicted molar refractivity (Wildman–Crippen MR) is 198 cm³/mol. The maximum atomic E-state index is 4.80. The summed E-state index contributed by atoms with van der Waals surface area (Å²) in [5.41, 5.74) is 7.96. The lowest BCUT2D eigenvalue weighted by Gasteiger charge is -2.17. The Morgan fingerprint density at radius 3 is 0.688 bits per heavy atom. The highest BCUT2D eigenvalue weighted by Gasteiger charge is 2.13. The van der Waals surface area contributed by atoms with Crippen LogP contribution in [0, 0.1) is 0 Å². The van der Waals surface area contributed by atoms with Gasteiger partial charge in [-0.25, -0.2) is 0 Å². The minimum absolute atomic E-state index is 0.360. The molecular weight excluding hydrogens is 594 g/mol. The van der Waals surface area contributed by atoms with Crippen molar-refractivity contribution in [2.24, 2.45) is 0 Å². The van der Waals surface area contributed by atoms with Gasteiger partial charge in [0.1, 0.15) is 0 Å². The number of aromatic nitrogens is 3. The fourth-order valence-corrected chi connectivity index (χ4v) is 5.04. The maximum absolute atomic E-state index is 4.80. The summed E-state index contributed by atoms with van der Waals surface area (Å²) in [6.07, 6.45) is 0. The first-order chi connectivity index (χ1) is 23.7. The Labute approximate surface area is 279 Å². The fourth-order valence-electron chi connectivity index (χ4n) is 5.04. The Hall–Kier alpha value is -6.87. The third-order valence-corrected chi connectivity index (χ3v) is 7.31. The van der Waals surface area contributed by atoms with Crippen LogP contribution in [0.4, 0.5) is 69.0 Å². The van der Waals surface area contributed by atoms with Gasteiger partial charge in [0.25, 0.3) is 0 Å². The van der Waals surface area contributed by atoms with Crippen LogP contribution in [-0.4, -0.2) is 15.0 Å². The molecule has 0 aliphatic heterocycles. The van der Waals surface area contributed by atoms with E-state index in [2.05, 4.69) is 31.9 Å². The van der Waals surface area contributed by atoms with Crippen molar-refractivity contribution in [3.63, 3.8) is 0 Å². The second kappa shape index (κ2) is 14.5. The molecule has 7 aromatic rings. The number of rotatable bonds is 12. The molecule has 0 bridgehead atoms. The molecule has 0 amide bonds. The van der Waals surface area contributed by atoms with E-state index >= 15 is 0 Å². The number of benzene rings is 6. The van der Waals surface area contributed by atoms with E-state index in [1.165, 1.54) is 0 Å². The molecule has 0 radical (unpaired) electrons. The van der Waals surface area contributed by atoms with E-state index in [0.717, 1.165) is 51.2 Å². The summed E-state index contributed by atoms with van der Waals surface area (Å²) in [6, 6.07) is 53.9. The van der Waals surface area contributed by atoms with Crippen LogP contribution in [-0.2, 0) is 0 Å². The molecule has 6 N–H and O–H groups in total. The minimum Gasteiger partial charge on any atom is -0.354 e. The van der Waals surface area contributed by atoms with Crippen LogP contribution in [0.2, 0.25) is 0 Å². The quantitative estimate of drug-likeness (QED) is 0.0788. The van der Waals surface area contributed by atoms with E-state index in [1.807, 2.05) is 164 Å². The van der Waals surface area contributed by atoms with Gasteiger partial charge >= 0.3 is 0 Å². The molecule has 0 aliphatic carbocycles. The lowest BCUT2D eigenvalue weighted by atomic mass is 10.2. The van der Waals surface area contributed by atoms with Crippen molar-refractivity contribution < 1.29 is 0 Å². The van der Waals surface area contributed by atoms with Crippen LogP contribution in [0.1, 0.15) is 0 Å². The molecular formula is C39H33N9. The zero-order valence-corrected chi connectivity index (χ0v) is 25.9. The normalized spacial score (nSPS) is 10.5. The van der Waals surface area contributed by atoms with Gasteiger partial charge in [-0.2, -0.15) is 15.0 Å². The molecule has 6 aromatic carbocycles. The summed E-state index contributed by atoms with van der Waals surface area (Å²) in [6.45, 7) is 0.